The molecule has 0 saturated heterocycles. The van der Waals surface area contributed by atoms with Crippen molar-refractivity contribution in [2.24, 2.45) is 0 Å². The first-order valence-corrected chi connectivity index (χ1v) is 5.12. The molecule has 0 unspecified atom stereocenters. The molecule has 0 spiro atoms. The normalized spacial score (nSPS) is 10.8. The molecular formula is C10H13NO2S. The summed E-state index contributed by atoms with van der Waals surface area (Å²) in [4.78, 5) is 16.3. The predicted molar refractivity (Wildman–Crippen MR) is 57.3 cm³/mol. The smallest absolute Gasteiger partial charge is 0.309 e. The summed E-state index contributed by atoms with van der Waals surface area (Å²) in [6, 6.07) is 0. The van der Waals surface area contributed by atoms with Crippen molar-refractivity contribution < 1.29 is 9.53 Å². The van der Waals surface area contributed by atoms with Crippen LogP contribution in [-0.4, -0.2) is 18.1 Å². The highest BCUT2D eigenvalue weighted by Crippen LogP contribution is 2.17. The number of hydrogen-bond acceptors (Lipinski definition) is 4. The van der Waals surface area contributed by atoms with E-state index in [0.717, 1.165) is 10.7 Å². The Kier molecular flexibility index (Phi) is 3.83. The summed E-state index contributed by atoms with van der Waals surface area (Å²) < 4.78 is 4.51. The van der Waals surface area contributed by atoms with Gasteiger partial charge in [-0.1, -0.05) is 6.08 Å². The number of carbonyl (C=O) groups is 1. The number of ether oxygens (including phenoxy) is 1. The third-order valence-corrected chi connectivity index (χ3v) is 2.86. The highest BCUT2D eigenvalue weighted by Gasteiger charge is 2.00. The molecule has 1 aromatic heterocycles. The van der Waals surface area contributed by atoms with Crippen molar-refractivity contribution in [2.75, 3.05) is 7.11 Å². The lowest BCUT2D eigenvalue weighted by Gasteiger charge is -1.90. The van der Waals surface area contributed by atoms with Crippen molar-refractivity contribution in [2.45, 2.75) is 20.3 Å². The molecule has 0 N–H and O–H groups in total. The maximum absolute atomic E-state index is 10.8. The molecule has 0 fully saturated rings. The predicted octanol–water partition coefficient (Wildman–Crippen LogP) is 2.34. The van der Waals surface area contributed by atoms with Gasteiger partial charge in [0.25, 0.3) is 0 Å². The molecule has 1 aromatic rings. The van der Waals surface area contributed by atoms with Crippen LogP contribution in [0.15, 0.2) is 6.08 Å². The number of aromatic nitrogens is 1. The monoisotopic (exact) mass is 211 g/mol. The summed E-state index contributed by atoms with van der Waals surface area (Å²) in [6.07, 6.45) is 3.92. The van der Waals surface area contributed by atoms with E-state index >= 15 is 0 Å². The van der Waals surface area contributed by atoms with Crippen LogP contribution in [0.3, 0.4) is 0 Å². The summed E-state index contributed by atoms with van der Waals surface area (Å²) in [5, 5.41) is 0.934. The van der Waals surface area contributed by atoms with Crippen molar-refractivity contribution in [3.05, 3.63) is 21.7 Å². The number of rotatable bonds is 3. The van der Waals surface area contributed by atoms with Crippen molar-refractivity contribution in [3.8, 4) is 0 Å². The first-order chi connectivity index (χ1) is 6.63. The topological polar surface area (TPSA) is 39.2 Å². The first kappa shape index (κ1) is 10.9. The van der Waals surface area contributed by atoms with Crippen LogP contribution in [0.1, 0.15) is 22.0 Å². The van der Waals surface area contributed by atoms with E-state index in [1.54, 1.807) is 17.4 Å². The Labute approximate surface area is 87.4 Å². The minimum absolute atomic E-state index is 0.230. The molecule has 3 nitrogen and oxygen atoms in total. The van der Waals surface area contributed by atoms with E-state index in [0.29, 0.717) is 6.42 Å². The molecule has 4 heteroatoms. The third-order valence-electron chi connectivity index (χ3n) is 1.82. The molecule has 1 heterocycles. The molecule has 0 aliphatic heterocycles. The van der Waals surface area contributed by atoms with Gasteiger partial charge < -0.3 is 4.74 Å². The van der Waals surface area contributed by atoms with Crippen LogP contribution in [0.4, 0.5) is 0 Å². The fourth-order valence-corrected chi connectivity index (χ4v) is 1.76. The summed E-state index contributed by atoms with van der Waals surface area (Å²) >= 11 is 1.62. The SMILES string of the molecule is COC(=O)CC=Cc1nc(C)c(C)s1. The number of nitrogens with zero attached hydrogens (tertiary/aromatic N) is 1. The fraction of sp³-hybridized carbons (Fsp3) is 0.400. The van der Waals surface area contributed by atoms with Crippen molar-refractivity contribution in [1.29, 1.82) is 0 Å². The van der Waals surface area contributed by atoms with Crippen LogP contribution in [0, 0.1) is 13.8 Å². The Balaban J connectivity index is 2.56. The molecular weight excluding hydrogens is 198 g/mol. The maximum atomic E-state index is 10.8. The zero-order valence-corrected chi connectivity index (χ0v) is 9.35. The number of aryl methyl sites for hydroxylation is 2. The van der Waals surface area contributed by atoms with Gasteiger partial charge >= 0.3 is 5.97 Å². The number of methoxy groups -OCH3 is 1. The maximum Gasteiger partial charge on any atom is 0.309 e. The van der Waals surface area contributed by atoms with Crippen LogP contribution < -0.4 is 0 Å². The zero-order valence-electron chi connectivity index (χ0n) is 8.53. The van der Waals surface area contributed by atoms with Crippen LogP contribution in [-0.2, 0) is 9.53 Å². The van der Waals surface area contributed by atoms with Crippen LogP contribution in [0.25, 0.3) is 6.08 Å². The number of thiazole rings is 1. The van der Waals surface area contributed by atoms with Gasteiger partial charge in [-0.15, -0.1) is 11.3 Å². The Morgan fingerprint density at radius 3 is 2.79 bits per heavy atom. The fourth-order valence-electron chi connectivity index (χ4n) is 0.908. The van der Waals surface area contributed by atoms with E-state index in [4.69, 9.17) is 0 Å². The van der Waals surface area contributed by atoms with E-state index in [2.05, 4.69) is 9.72 Å². The van der Waals surface area contributed by atoms with Gasteiger partial charge in [-0.25, -0.2) is 4.98 Å². The third kappa shape index (κ3) is 2.96. The van der Waals surface area contributed by atoms with Crippen LogP contribution >= 0.6 is 11.3 Å². The molecule has 0 amide bonds. The molecule has 0 bridgehead atoms. The van der Waals surface area contributed by atoms with Gasteiger partial charge in [-0.05, 0) is 19.9 Å². The number of esters is 1. The average molecular weight is 211 g/mol. The largest absolute Gasteiger partial charge is 0.469 e. The van der Waals surface area contributed by atoms with Crippen LogP contribution in [0.2, 0.25) is 0 Å². The second kappa shape index (κ2) is 4.91. The highest BCUT2D eigenvalue weighted by atomic mass is 32.1. The quantitative estimate of drug-likeness (QED) is 0.720. The van der Waals surface area contributed by atoms with Gasteiger partial charge in [0.15, 0.2) is 0 Å². The second-order valence-corrected chi connectivity index (χ2v) is 4.11. The van der Waals surface area contributed by atoms with Gasteiger partial charge in [0, 0.05) is 4.88 Å². The van der Waals surface area contributed by atoms with Crippen molar-refractivity contribution in [1.82, 2.24) is 4.98 Å². The molecule has 0 aromatic carbocycles. The molecule has 0 aliphatic rings. The van der Waals surface area contributed by atoms with E-state index < -0.39 is 0 Å². The zero-order chi connectivity index (χ0) is 10.6. The molecule has 0 saturated carbocycles. The summed E-state index contributed by atoms with van der Waals surface area (Å²) in [5.41, 5.74) is 1.05. The Hall–Kier alpha value is -1.16. The molecule has 14 heavy (non-hydrogen) atoms. The molecule has 0 atom stereocenters. The number of carbonyl (C=O) groups excluding carboxylic acids is 1. The Bertz CT molecular complexity index is 336. The van der Waals surface area contributed by atoms with Gasteiger partial charge in [-0.2, -0.15) is 0 Å². The lowest BCUT2D eigenvalue weighted by molar-refractivity contribution is -0.139. The van der Waals surface area contributed by atoms with E-state index in [9.17, 15) is 4.79 Å². The number of hydrogen-bond donors (Lipinski definition) is 0. The van der Waals surface area contributed by atoms with Crippen molar-refractivity contribution in [3.63, 3.8) is 0 Å². The van der Waals surface area contributed by atoms with Gasteiger partial charge in [0.1, 0.15) is 5.01 Å². The minimum atomic E-state index is -0.230. The summed E-state index contributed by atoms with van der Waals surface area (Å²) in [5.74, 6) is -0.230. The molecule has 1 rings (SSSR count). The molecule has 76 valence electrons. The van der Waals surface area contributed by atoms with Crippen LogP contribution in [0.5, 0.6) is 0 Å². The van der Waals surface area contributed by atoms with E-state index in [1.165, 1.54) is 12.0 Å². The Morgan fingerprint density at radius 1 is 1.57 bits per heavy atom. The van der Waals surface area contributed by atoms with Gasteiger partial charge in [-0.3, -0.25) is 4.79 Å². The minimum Gasteiger partial charge on any atom is -0.469 e. The second-order valence-electron chi connectivity index (χ2n) is 2.88. The Morgan fingerprint density at radius 2 is 2.29 bits per heavy atom. The molecule has 0 aliphatic carbocycles. The standard InChI is InChI=1S/C10H13NO2S/c1-7-8(2)14-9(11-7)5-4-6-10(12)13-3/h4-5H,6H2,1-3H3. The highest BCUT2D eigenvalue weighted by molar-refractivity contribution is 7.12. The lowest BCUT2D eigenvalue weighted by atomic mass is 10.4. The van der Waals surface area contributed by atoms with Gasteiger partial charge in [0.05, 0.1) is 19.2 Å². The van der Waals surface area contributed by atoms with E-state index in [-0.39, 0.29) is 5.97 Å². The van der Waals surface area contributed by atoms with Crippen molar-refractivity contribution >= 4 is 23.4 Å². The van der Waals surface area contributed by atoms with E-state index in [1.807, 2.05) is 19.9 Å². The lowest BCUT2D eigenvalue weighted by Crippen LogP contribution is -1.96. The van der Waals surface area contributed by atoms with Gasteiger partial charge in [0.2, 0.25) is 0 Å². The summed E-state index contributed by atoms with van der Waals surface area (Å²) in [7, 11) is 1.38. The molecule has 0 radical (unpaired) electrons. The average Bonchev–Trinajstić information content (AvgIpc) is 2.46. The summed E-state index contributed by atoms with van der Waals surface area (Å²) in [6.45, 7) is 4.01. The first-order valence-electron chi connectivity index (χ1n) is 4.31.